The van der Waals surface area contributed by atoms with Gasteiger partial charge in [-0.1, -0.05) is 42.8 Å². The van der Waals surface area contributed by atoms with E-state index in [9.17, 15) is 19.5 Å². The number of β-amino-alcohol motifs (C(OH)–C–C–N with tert-alkyl or cyclic N) is 1. The van der Waals surface area contributed by atoms with Crippen molar-refractivity contribution in [2.75, 3.05) is 31.2 Å². The monoisotopic (exact) mass is 544 g/mol. The van der Waals surface area contributed by atoms with E-state index < -0.39 is 35.0 Å². The van der Waals surface area contributed by atoms with E-state index in [4.69, 9.17) is 21.1 Å². The highest BCUT2D eigenvalue weighted by Gasteiger charge is 2.79. The van der Waals surface area contributed by atoms with Gasteiger partial charge in [0.2, 0.25) is 5.91 Å². The number of aliphatic hydroxyl groups is 1. The van der Waals surface area contributed by atoms with Crippen LogP contribution in [-0.4, -0.2) is 71.3 Å². The Morgan fingerprint density at radius 2 is 2.03 bits per heavy atom. The third-order valence-corrected chi connectivity index (χ3v) is 8.60. The molecule has 5 atom stereocenters. The first-order valence-electron chi connectivity index (χ1n) is 13.4. The Morgan fingerprint density at radius 3 is 2.68 bits per heavy atom. The summed E-state index contributed by atoms with van der Waals surface area (Å²) in [6, 6.07) is 5.95. The molecule has 0 saturated carbocycles. The molecule has 1 aromatic carbocycles. The topological polar surface area (TPSA) is 96.4 Å². The number of hydrogen-bond acceptors (Lipinski definition) is 6. The molecule has 9 heteroatoms. The molecule has 1 aromatic rings. The fourth-order valence-electron chi connectivity index (χ4n) is 6.61. The van der Waals surface area contributed by atoms with Gasteiger partial charge in [-0.25, -0.2) is 0 Å². The quantitative estimate of drug-likeness (QED) is 0.230. The first kappa shape index (κ1) is 28.3. The standard InChI is InChI=1S/C29H37ClN2O6/c1-4-7-8-11-19-37-27(36)23-22-25(34)32(17-18-33)24(29(22)15-14-28(23,6-3)38-29)26(35)31(16-5-2)21-13-10-9-12-20(21)30/h4-5,9-10,12-13,22-24,33H,1-2,6-8,11,14-19H2,3H3/t22-,23+,24?,28-,29?/m0/s1. The number of hydrogen-bond donors (Lipinski definition) is 1. The van der Waals surface area contributed by atoms with Crippen LogP contribution in [0.2, 0.25) is 5.02 Å². The first-order valence-corrected chi connectivity index (χ1v) is 13.8. The number of amides is 2. The molecule has 38 heavy (non-hydrogen) atoms. The van der Waals surface area contributed by atoms with Crippen molar-refractivity contribution in [1.29, 1.82) is 0 Å². The summed E-state index contributed by atoms with van der Waals surface area (Å²) in [5.41, 5.74) is -1.59. The van der Waals surface area contributed by atoms with Crippen molar-refractivity contribution in [3.05, 3.63) is 54.6 Å². The molecular weight excluding hydrogens is 508 g/mol. The van der Waals surface area contributed by atoms with E-state index in [0.717, 1.165) is 12.8 Å². The van der Waals surface area contributed by atoms with Crippen LogP contribution in [-0.2, 0) is 23.9 Å². The van der Waals surface area contributed by atoms with Gasteiger partial charge in [-0.05, 0) is 50.7 Å². The molecule has 4 rings (SSSR count). The molecule has 3 aliphatic heterocycles. The Kier molecular flexibility index (Phi) is 8.65. The van der Waals surface area contributed by atoms with E-state index in [1.54, 1.807) is 30.3 Å². The number of benzene rings is 1. The van der Waals surface area contributed by atoms with Crippen LogP contribution >= 0.6 is 11.6 Å². The van der Waals surface area contributed by atoms with E-state index in [-0.39, 0.29) is 38.1 Å². The molecule has 1 N–H and O–H groups in total. The van der Waals surface area contributed by atoms with Crippen LogP contribution in [0.5, 0.6) is 0 Å². The normalized spacial score (nSPS) is 29.3. The van der Waals surface area contributed by atoms with Crippen molar-refractivity contribution in [2.24, 2.45) is 11.8 Å². The number of anilines is 1. The molecule has 2 amide bonds. The number of esters is 1. The van der Waals surface area contributed by atoms with Gasteiger partial charge in [-0.3, -0.25) is 14.4 Å². The van der Waals surface area contributed by atoms with E-state index in [2.05, 4.69) is 13.2 Å². The van der Waals surface area contributed by atoms with Gasteiger partial charge in [0.05, 0.1) is 35.4 Å². The lowest BCUT2D eigenvalue weighted by Gasteiger charge is -2.36. The zero-order valence-electron chi connectivity index (χ0n) is 21.9. The second-order valence-corrected chi connectivity index (χ2v) is 10.6. The summed E-state index contributed by atoms with van der Waals surface area (Å²) < 4.78 is 12.4. The predicted molar refractivity (Wildman–Crippen MR) is 145 cm³/mol. The van der Waals surface area contributed by atoms with Crippen molar-refractivity contribution in [1.82, 2.24) is 4.90 Å². The SMILES string of the molecule is C=CCCCCOC(=O)[C@H]1[C@H]2C(=O)N(CCO)C(C(=O)N(CC=C)c3ccccc3Cl)C23CC[C@]1(CC)O3. The molecule has 0 radical (unpaired) electrons. The van der Waals surface area contributed by atoms with Crippen LogP contribution in [0.25, 0.3) is 0 Å². The highest BCUT2D eigenvalue weighted by molar-refractivity contribution is 6.34. The van der Waals surface area contributed by atoms with Crippen LogP contribution in [0.3, 0.4) is 0 Å². The number of nitrogens with zero attached hydrogens (tertiary/aromatic N) is 2. The number of allylic oxidation sites excluding steroid dienone is 1. The minimum absolute atomic E-state index is 0.0518. The summed E-state index contributed by atoms with van der Waals surface area (Å²) >= 11 is 6.46. The Hall–Kier alpha value is -2.68. The summed E-state index contributed by atoms with van der Waals surface area (Å²) in [5, 5.41) is 10.2. The molecule has 3 aliphatic rings. The van der Waals surface area contributed by atoms with Gasteiger partial charge in [0.1, 0.15) is 17.6 Å². The maximum atomic E-state index is 14.3. The summed E-state index contributed by atoms with van der Waals surface area (Å²) in [4.78, 5) is 44.6. The fourth-order valence-corrected chi connectivity index (χ4v) is 6.85. The van der Waals surface area contributed by atoms with Crippen molar-refractivity contribution in [3.8, 4) is 0 Å². The van der Waals surface area contributed by atoms with Crippen LogP contribution in [0.15, 0.2) is 49.6 Å². The summed E-state index contributed by atoms with van der Waals surface area (Å²) in [7, 11) is 0. The first-order chi connectivity index (χ1) is 18.3. The summed E-state index contributed by atoms with van der Waals surface area (Å²) in [6.45, 7) is 9.47. The lowest BCUT2D eigenvalue weighted by atomic mass is 9.65. The van der Waals surface area contributed by atoms with Crippen molar-refractivity contribution >= 4 is 35.1 Å². The second-order valence-electron chi connectivity index (χ2n) is 10.2. The zero-order chi connectivity index (χ0) is 27.5. The third-order valence-electron chi connectivity index (χ3n) is 8.28. The molecule has 1 spiro atoms. The smallest absolute Gasteiger partial charge is 0.312 e. The number of carbonyl (C=O) groups is 3. The third kappa shape index (κ3) is 4.56. The van der Waals surface area contributed by atoms with Gasteiger partial charge >= 0.3 is 5.97 Å². The fraction of sp³-hybridized carbons (Fsp3) is 0.552. The molecule has 3 saturated heterocycles. The van der Waals surface area contributed by atoms with Crippen LogP contribution in [0.1, 0.15) is 45.4 Å². The average molecular weight is 545 g/mol. The molecule has 2 unspecified atom stereocenters. The molecule has 2 bridgehead atoms. The van der Waals surface area contributed by atoms with E-state index in [1.165, 1.54) is 9.80 Å². The van der Waals surface area contributed by atoms with Gasteiger partial charge in [-0.2, -0.15) is 0 Å². The minimum atomic E-state index is -1.20. The number of carbonyl (C=O) groups excluding carboxylic acids is 3. The van der Waals surface area contributed by atoms with Crippen molar-refractivity contribution in [3.63, 3.8) is 0 Å². The number of unbranched alkanes of at least 4 members (excludes halogenated alkanes) is 2. The average Bonchev–Trinajstić information content (AvgIpc) is 3.51. The van der Waals surface area contributed by atoms with Gasteiger partial charge in [-0.15, -0.1) is 13.2 Å². The number of halogens is 1. The second kappa shape index (κ2) is 11.6. The van der Waals surface area contributed by atoms with Gasteiger partial charge in [0.15, 0.2) is 0 Å². The van der Waals surface area contributed by atoms with Crippen LogP contribution < -0.4 is 4.90 Å². The predicted octanol–water partition coefficient (Wildman–Crippen LogP) is 3.91. The largest absolute Gasteiger partial charge is 0.465 e. The van der Waals surface area contributed by atoms with Gasteiger partial charge in [0, 0.05) is 13.1 Å². The maximum absolute atomic E-state index is 14.3. The lowest BCUT2D eigenvalue weighted by molar-refractivity contribution is -0.161. The minimum Gasteiger partial charge on any atom is -0.465 e. The van der Waals surface area contributed by atoms with E-state index in [1.807, 2.05) is 13.0 Å². The number of aliphatic hydroxyl groups excluding tert-OH is 1. The summed E-state index contributed by atoms with van der Waals surface area (Å²) in [5.74, 6) is -2.89. The molecular formula is C29H37ClN2O6. The molecule has 8 nitrogen and oxygen atoms in total. The molecule has 3 fully saturated rings. The number of fused-ring (bicyclic) bond motifs is 1. The lowest BCUT2D eigenvalue weighted by Crippen LogP contribution is -2.57. The number of para-hydroxylation sites is 1. The Morgan fingerprint density at radius 1 is 1.26 bits per heavy atom. The number of rotatable bonds is 13. The molecule has 0 aromatic heterocycles. The van der Waals surface area contributed by atoms with E-state index >= 15 is 0 Å². The highest BCUT2D eigenvalue weighted by Crippen LogP contribution is 2.64. The zero-order valence-corrected chi connectivity index (χ0v) is 22.7. The number of likely N-dealkylation sites (tertiary alicyclic amines) is 1. The maximum Gasteiger partial charge on any atom is 0.312 e. The van der Waals surface area contributed by atoms with Gasteiger partial charge in [0.25, 0.3) is 5.91 Å². The Balaban J connectivity index is 1.71. The number of ether oxygens (including phenoxy) is 2. The van der Waals surface area contributed by atoms with Crippen LogP contribution in [0, 0.1) is 11.8 Å². The molecule has 3 heterocycles. The van der Waals surface area contributed by atoms with Gasteiger partial charge < -0.3 is 24.4 Å². The summed E-state index contributed by atoms with van der Waals surface area (Å²) in [6.07, 6.45) is 7.29. The Bertz CT molecular complexity index is 1090. The van der Waals surface area contributed by atoms with E-state index in [0.29, 0.717) is 36.4 Å². The Labute approximate surface area is 229 Å². The van der Waals surface area contributed by atoms with Crippen LogP contribution in [0.4, 0.5) is 5.69 Å². The molecule has 0 aliphatic carbocycles. The van der Waals surface area contributed by atoms with Crippen molar-refractivity contribution < 1.29 is 29.0 Å². The molecule has 206 valence electrons. The van der Waals surface area contributed by atoms with Crippen molar-refractivity contribution in [2.45, 2.75) is 62.7 Å². The highest BCUT2D eigenvalue weighted by atomic mass is 35.5.